The Morgan fingerprint density at radius 2 is 2.19 bits per heavy atom. The molecule has 2 rings (SSSR count). The molecule has 0 aromatic carbocycles. The van der Waals surface area contributed by atoms with Crippen molar-refractivity contribution in [2.75, 3.05) is 0 Å². The number of hydrogen-bond acceptors (Lipinski definition) is 6. The SMILES string of the molecule is Cc1nc(C)c(C(=O)O)c(SCc2cccnc2C#N)n1. The molecule has 0 aliphatic heterocycles. The molecule has 106 valence electrons. The van der Waals surface area contributed by atoms with E-state index < -0.39 is 5.97 Å². The zero-order chi connectivity index (χ0) is 15.4. The van der Waals surface area contributed by atoms with Crippen LogP contribution in [0.2, 0.25) is 0 Å². The normalized spacial score (nSPS) is 10.1. The number of carboxylic acids is 1. The molecule has 0 saturated heterocycles. The largest absolute Gasteiger partial charge is 0.478 e. The third kappa shape index (κ3) is 3.35. The third-order valence-electron chi connectivity index (χ3n) is 2.74. The van der Waals surface area contributed by atoms with Gasteiger partial charge < -0.3 is 5.11 Å². The van der Waals surface area contributed by atoms with Crippen LogP contribution in [0.1, 0.15) is 33.1 Å². The highest BCUT2D eigenvalue weighted by Crippen LogP contribution is 2.26. The summed E-state index contributed by atoms with van der Waals surface area (Å²) >= 11 is 1.26. The number of carbonyl (C=O) groups is 1. The van der Waals surface area contributed by atoms with Crippen molar-refractivity contribution in [3.8, 4) is 6.07 Å². The Morgan fingerprint density at radius 3 is 2.86 bits per heavy atom. The van der Waals surface area contributed by atoms with E-state index in [1.165, 1.54) is 11.8 Å². The highest BCUT2D eigenvalue weighted by Gasteiger charge is 2.18. The quantitative estimate of drug-likeness (QED) is 0.683. The molecular weight excluding hydrogens is 288 g/mol. The van der Waals surface area contributed by atoms with Crippen molar-refractivity contribution >= 4 is 17.7 Å². The molecule has 1 N–H and O–H groups in total. The second-order valence-corrected chi connectivity index (χ2v) is 5.22. The van der Waals surface area contributed by atoms with E-state index in [-0.39, 0.29) is 5.56 Å². The highest BCUT2D eigenvalue weighted by molar-refractivity contribution is 7.98. The van der Waals surface area contributed by atoms with Crippen molar-refractivity contribution in [2.45, 2.75) is 24.6 Å². The van der Waals surface area contributed by atoms with E-state index in [0.29, 0.717) is 28.0 Å². The summed E-state index contributed by atoms with van der Waals surface area (Å²) in [5, 5.41) is 18.7. The van der Waals surface area contributed by atoms with Crippen molar-refractivity contribution in [3.05, 3.63) is 46.7 Å². The average molecular weight is 300 g/mol. The molecule has 21 heavy (non-hydrogen) atoms. The van der Waals surface area contributed by atoms with E-state index in [0.717, 1.165) is 5.56 Å². The molecule has 0 spiro atoms. The Balaban J connectivity index is 2.32. The Morgan fingerprint density at radius 1 is 1.43 bits per heavy atom. The number of rotatable bonds is 4. The van der Waals surface area contributed by atoms with E-state index in [1.54, 1.807) is 32.2 Å². The molecular formula is C14H12N4O2S. The maximum Gasteiger partial charge on any atom is 0.340 e. The number of thioether (sulfide) groups is 1. The fraction of sp³-hybridized carbons (Fsp3) is 0.214. The van der Waals surface area contributed by atoms with Gasteiger partial charge in [-0.2, -0.15) is 5.26 Å². The molecule has 0 bridgehead atoms. The number of aryl methyl sites for hydroxylation is 2. The predicted molar refractivity (Wildman–Crippen MR) is 77.0 cm³/mol. The molecule has 2 heterocycles. The average Bonchev–Trinajstić information content (AvgIpc) is 2.44. The predicted octanol–water partition coefficient (Wildman–Crippen LogP) is 2.35. The molecule has 0 aliphatic carbocycles. The Hall–Kier alpha value is -2.46. The van der Waals surface area contributed by atoms with Crippen molar-refractivity contribution in [2.24, 2.45) is 0 Å². The van der Waals surface area contributed by atoms with E-state index in [1.807, 2.05) is 6.07 Å². The number of carboxylic acid groups (broad SMARTS) is 1. The lowest BCUT2D eigenvalue weighted by atomic mass is 10.2. The fourth-order valence-corrected chi connectivity index (χ4v) is 2.93. The minimum Gasteiger partial charge on any atom is -0.478 e. The number of pyridine rings is 1. The van der Waals surface area contributed by atoms with Crippen LogP contribution in [0.5, 0.6) is 0 Å². The van der Waals surface area contributed by atoms with Gasteiger partial charge in [-0.25, -0.2) is 19.7 Å². The Bertz CT molecular complexity index is 740. The number of aromatic carboxylic acids is 1. The van der Waals surface area contributed by atoms with Crippen molar-refractivity contribution < 1.29 is 9.90 Å². The summed E-state index contributed by atoms with van der Waals surface area (Å²) < 4.78 is 0. The lowest BCUT2D eigenvalue weighted by Gasteiger charge is -2.09. The summed E-state index contributed by atoms with van der Waals surface area (Å²) in [6, 6.07) is 5.55. The van der Waals surface area contributed by atoms with Crippen molar-refractivity contribution in [3.63, 3.8) is 0 Å². The Labute approximate surface area is 125 Å². The monoisotopic (exact) mass is 300 g/mol. The molecule has 0 saturated carbocycles. The van der Waals surface area contributed by atoms with Gasteiger partial charge in [-0.3, -0.25) is 0 Å². The number of aromatic nitrogens is 3. The van der Waals surface area contributed by atoms with Gasteiger partial charge in [-0.1, -0.05) is 6.07 Å². The first-order valence-corrected chi connectivity index (χ1v) is 7.06. The third-order valence-corrected chi connectivity index (χ3v) is 3.77. The molecule has 0 fully saturated rings. The molecule has 0 radical (unpaired) electrons. The van der Waals surface area contributed by atoms with Gasteiger partial charge in [0.2, 0.25) is 0 Å². The maximum atomic E-state index is 11.3. The summed E-state index contributed by atoms with van der Waals surface area (Å²) in [6.45, 7) is 3.36. The van der Waals surface area contributed by atoms with Gasteiger partial charge in [0.25, 0.3) is 0 Å². The first kappa shape index (κ1) is 14.9. The molecule has 7 heteroatoms. The van der Waals surface area contributed by atoms with Gasteiger partial charge in [0, 0.05) is 11.9 Å². The van der Waals surface area contributed by atoms with Gasteiger partial charge in [0.05, 0.1) is 5.69 Å². The second kappa shape index (κ2) is 6.33. The van der Waals surface area contributed by atoms with Gasteiger partial charge >= 0.3 is 5.97 Å². The molecule has 0 aliphatic rings. The van der Waals surface area contributed by atoms with Crippen LogP contribution in [0.4, 0.5) is 0 Å². The molecule has 0 amide bonds. The molecule has 2 aromatic rings. The van der Waals surface area contributed by atoms with Crippen LogP contribution in [0.3, 0.4) is 0 Å². The molecule has 0 unspecified atom stereocenters. The van der Waals surface area contributed by atoms with E-state index >= 15 is 0 Å². The minimum atomic E-state index is -1.05. The van der Waals surface area contributed by atoms with Gasteiger partial charge in [0.1, 0.15) is 28.2 Å². The van der Waals surface area contributed by atoms with Crippen LogP contribution >= 0.6 is 11.8 Å². The van der Waals surface area contributed by atoms with E-state index in [4.69, 9.17) is 5.26 Å². The molecule has 6 nitrogen and oxygen atoms in total. The lowest BCUT2D eigenvalue weighted by molar-refractivity contribution is 0.0690. The summed E-state index contributed by atoms with van der Waals surface area (Å²) in [6.07, 6.45) is 1.55. The van der Waals surface area contributed by atoms with Crippen LogP contribution in [0.25, 0.3) is 0 Å². The molecule has 2 aromatic heterocycles. The van der Waals surface area contributed by atoms with Crippen LogP contribution < -0.4 is 0 Å². The maximum absolute atomic E-state index is 11.3. The summed E-state index contributed by atoms with van der Waals surface area (Å²) in [7, 11) is 0. The lowest BCUT2D eigenvalue weighted by Crippen LogP contribution is -2.08. The first-order chi connectivity index (χ1) is 10.0. The fourth-order valence-electron chi connectivity index (χ4n) is 1.83. The standard InChI is InChI=1S/C14H12N4O2S/c1-8-12(14(19)20)13(18-9(2)17-8)21-7-10-4-3-5-16-11(10)6-15/h3-5H,7H2,1-2H3,(H,19,20). The van der Waals surface area contributed by atoms with E-state index in [9.17, 15) is 9.90 Å². The van der Waals surface area contributed by atoms with Crippen molar-refractivity contribution in [1.82, 2.24) is 15.0 Å². The molecule has 0 atom stereocenters. The minimum absolute atomic E-state index is 0.105. The smallest absolute Gasteiger partial charge is 0.340 e. The Kier molecular flexibility index (Phi) is 4.50. The van der Waals surface area contributed by atoms with Gasteiger partial charge in [-0.05, 0) is 25.5 Å². The van der Waals surface area contributed by atoms with Crippen molar-refractivity contribution in [1.29, 1.82) is 5.26 Å². The number of nitrogens with zero attached hydrogens (tertiary/aromatic N) is 4. The van der Waals surface area contributed by atoms with Crippen LogP contribution in [0, 0.1) is 25.2 Å². The van der Waals surface area contributed by atoms with Crippen LogP contribution in [0.15, 0.2) is 23.4 Å². The zero-order valence-electron chi connectivity index (χ0n) is 11.5. The second-order valence-electron chi connectivity index (χ2n) is 4.25. The van der Waals surface area contributed by atoms with Gasteiger partial charge in [-0.15, -0.1) is 11.8 Å². The summed E-state index contributed by atoms with van der Waals surface area (Å²) in [4.78, 5) is 23.6. The summed E-state index contributed by atoms with van der Waals surface area (Å²) in [5.74, 6) is -0.110. The topological polar surface area (TPSA) is 99.8 Å². The highest BCUT2D eigenvalue weighted by atomic mass is 32.2. The summed E-state index contributed by atoms with van der Waals surface area (Å²) in [5.41, 5.74) is 1.62. The number of hydrogen-bond donors (Lipinski definition) is 1. The van der Waals surface area contributed by atoms with Gasteiger partial charge in [0.15, 0.2) is 0 Å². The van der Waals surface area contributed by atoms with Crippen LogP contribution in [-0.4, -0.2) is 26.0 Å². The number of nitriles is 1. The van der Waals surface area contributed by atoms with E-state index in [2.05, 4.69) is 15.0 Å². The van der Waals surface area contributed by atoms with Crippen LogP contribution in [-0.2, 0) is 5.75 Å². The first-order valence-electron chi connectivity index (χ1n) is 6.08. The zero-order valence-corrected chi connectivity index (χ0v) is 12.3.